The van der Waals surface area contributed by atoms with Crippen LogP contribution in [0.25, 0.3) is 0 Å². The third-order valence-electron chi connectivity index (χ3n) is 3.81. The van der Waals surface area contributed by atoms with Gasteiger partial charge in [-0.15, -0.1) is 0 Å². The first kappa shape index (κ1) is 17.7. The van der Waals surface area contributed by atoms with Crippen molar-refractivity contribution in [1.82, 2.24) is 5.48 Å². The Bertz CT molecular complexity index is 650. The van der Waals surface area contributed by atoms with Crippen molar-refractivity contribution in [3.05, 3.63) is 59.7 Å². The SMILES string of the molecule is COCCOCONC1COc2cc(OCc3ccccc3)ccc21. The molecule has 1 aliphatic rings. The Morgan fingerprint density at radius 3 is 2.84 bits per heavy atom. The van der Waals surface area contributed by atoms with Crippen LogP contribution in [0.1, 0.15) is 17.2 Å². The molecule has 0 fully saturated rings. The van der Waals surface area contributed by atoms with E-state index < -0.39 is 0 Å². The molecule has 0 aliphatic carbocycles. The lowest BCUT2D eigenvalue weighted by molar-refractivity contribution is -0.117. The van der Waals surface area contributed by atoms with Crippen LogP contribution in [0.15, 0.2) is 48.5 Å². The van der Waals surface area contributed by atoms with Gasteiger partial charge >= 0.3 is 0 Å². The van der Waals surface area contributed by atoms with Gasteiger partial charge in [0, 0.05) is 18.7 Å². The van der Waals surface area contributed by atoms with Gasteiger partial charge in [-0.3, -0.25) is 4.84 Å². The summed E-state index contributed by atoms with van der Waals surface area (Å²) >= 11 is 0. The van der Waals surface area contributed by atoms with E-state index in [2.05, 4.69) is 5.48 Å². The molecule has 2 aromatic rings. The molecular weight excluding hydrogens is 322 g/mol. The molecule has 1 N–H and O–H groups in total. The fourth-order valence-corrected chi connectivity index (χ4v) is 2.50. The van der Waals surface area contributed by atoms with Gasteiger partial charge in [-0.05, 0) is 17.7 Å². The summed E-state index contributed by atoms with van der Waals surface area (Å²) in [6.45, 7) is 2.24. The average molecular weight is 345 g/mol. The van der Waals surface area contributed by atoms with Gasteiger partial charge in [-0.25, -0.2) is 0 Å². The third kappa shape index (κ3) is 5.17. The Balaban J connectivity index is 1.47. The summed E-state index contributed by atoms with van der Waals surface area (Å²) in [5.41, 5.74) is 5.14. The van der Waals surface area contributed by atoms with Crippen molar-refractivity contribution in [2.24, 2.45) is 0 Å². The van der Waals surface area contributed by atoms with Crippen molar-refractivity contribution >= 4 is 0 Å². The van der Waals surface area contributed by atoms with Crippen molar-refractivity contribution < 1.29 is 23.8 Å². The van der Waals surface area contributed by atoms with Crippen LogP contribution in [-0.2, 0) is 20.9 Å². The van der Waals surface area contributed by atoms with E-state index in [0.29, 0.717) is 26.4 Å². The Morgan fingerprint density at radius 1 is 1.12 bits per heavy atom. The molecule has 134 valence electrons. The van der Waals surface area contributed by atoms with Gasteiger partial charge in [0.2, 0.25) is 0 Å². The molecule has 0 radical (unpaired) electrons. The zero-order valence-corrected chi connectivity index (χ0v) is 14.3. The maximum atomic E-state index is 5.83. The molecule has 1 heterocycles. The van der Waals surface area contributed by atoms with Crippen LogP contribution in [0.4, 0.5) is 0 Å². The van der Waals surface area contributed by atoms with Crippen LogP contribution in [0, 0.1) is 0 Å². The van der Waals surface area contributed by atoms with E-state index in [1.54, 1.807) is 7.11 Å². The summed E-state index contributed by atoms with van der Waals surface area (Å²) in [5, 5.41) is 0. The number of methoxy groups -OCH3 is 1. The molecule has 0 saturated carbocycles. The molecular formula is C19H23NO5. The van der Waals surface area contributed by atoms with Crippen molar-refractivity contribution in [1.29, 1.82) is 0 Å². The predicted octanol–water partition coefficient (Wildman–Crippen LogP) is 2.84. The quantitative estimate of drug-likeness (QED) is 0.406. The Hall–Kier alpha value is -2.12. The fourth-order valence-electron chi connectivity index (χ4n) is 2.50. The Kier molecular flexibility index (Phi) is 6.64. The molecule has 6 nitrogen and oxygen atoms in total. The zero-order valence-electron chi connectivity index (χ0n) is 14.3. The summed E-state index contributed by atoms with van der Waals surface area (Å²) in [6.07, 6.45) is 0. The van der Waals surface area contributed by atoms with Gasteiger partial charge < -0.3 is 18.9 Å². The highest BCUT2D eigenvalue weighted by Gasteiger charge is 2.24. The summed E-state index contributed by atoms with van der Waals surface area (Å²) in [5.74, 6) is 1.60. The molecule has 0 bridgehead atoms. The molecule has 6 heteroatoms. The molecule has 0 amide bonds. The van der Waals surface area contributed by atoms with Crippen molar-refractivity contribution in [2.75, 3.05) is 33.7 Å². The second kappa shape index (κ2) is 9.39. The minimum atomic E-state index is -0.0239. The lowest BCUT2D eigenvalue weighted by atomic mass is 10.1. The van der Waals surface area contributed by atoms with Crippen LogP contribution in [0.2, 0.25) is 0 Å². The third-order valence-corrected chi connectivity index (χ3v) is 3.81. The van der Waals surface area contributed by atoms with Crippen LogP contribution in [0.3, 0.4) is 0 Å². The standard InChI is InChI=1S/C19H23NO5/c1-21-9-10-22-14-25-20-18-13-24-19-11-16(7-8-17(18)19)23-12-15-5-3-2-4-6-15/h2-8,11,18,20H,9-10,12-14H2,1H3. The van der Waals surface area contributed by atoms with E-state index in [9.17, 15) is 0 Å². The largest absolute Gasteiger partial charge is 0.491 e. The summed E-state index contributed by atoms with van der Waals surface area (Å²) in [7, 11) is 1.63. The molecule has 1 unspecified atom stereocenters. The first-order valence-corrected chi connectivity index (χ1v) is 8.24. The van der Waals surface area contributed by atoms with Gasteiger partial charge in [-0.2, -0.15) is 5.48 Å². The van der Waals surface area contributed by atoms with Crippen LogP contribution in [0.5, 0.6) is 11.5 Å². The number of benzene rings is 2. The minimum Gasteiger partial charge on any atom is -0.491 e. The number of hydrogen-bond acceptors (Lipinski definition) is 6. The van der Waals surface area contributed by atoms with Crippen molar-refractivity contribution in [3.63, 3.8) is 0 Å². The maximum absolute atomic E-state index is 5.83. The van der Waals surface area contributed by atoms with Gasteiger partial charge in [0.1, 0.15) is 24.7 Å². The van der Waals surface area contributed by atoms with Crippen molar-refractivity contribution in [3.8, 4) is 11.5 Å². The molecule has 2 aromatic carbocycles. The number of hydroxylamine groups is 1. The number of hydrogen-bond donors (Lipinski definition) is 1. The number of nitrogens with one attached hydrogen (secondary N) is 1. The first-order chi connectivity index (χ1) is 12.4. The fraction of sp³-hybridized carbons (Fsp3) is 0.368. The highest BCUT2D eigenvalue weighted by atomic mass is 16.8. The van der Waals surface area contributed by atoms with Gasteiger partial charge in [-0.1, -0.05) is 30.3 Å². The smallest absolute Gasteiger partial charge is 0.166 e. The molecule has 0 saturated heterocycles. The number of ether oxygens (including phenoxy) is 4. The zero-order chi connectivity index (χ0) is 17.3. The number of rotatable bonds is 10. The molecule has 0 aromatic heterocycles. The van der Waals surface area contributed by atoms with Gasteiger partial charge in [0.15, 0.2) is 6.79 Å². The topological polar surface area (TPSA) is 58.2 Å². The molecule has 3 rings (SSSR count). The van der Waals surface area contributed by atoms with E-state index in [-0.39, 0.29) is 12.8 Å². The Morgan fingerprint density at radius 2 is 2.00 bits per heavy atom. The lowest BCUT2D eigenvalue weighted by Crippen LogP contribution is -2.24. The highest BCUT2D eigenvalue weighted by molar-refractivity contribution is 5.45. The van der Waals surface area contributed by atoms with E-state index in [1.807, 2.05) is 48.5 Å². The van der Waals surface area contributed by atoms with Crippen LogP contribution in [-0.4, -0.2) is 33.7 Å². The highest BCUT2D eigenvalue weighted by Crippen LogP contribution is 2.35. The maximum Gasteiger partial charge on any atom is 0.166 e. The molecule has 1 aliphatic heterocycles. The second-order valence-corrected chi connectivity index (χ2v) is 5.62. The predicted molar refractivity (Wildman–Crippen MR) is 92.4 cm³/mol. The van der Waals surface area contributed by atoms with E-state index >= 15 is 0 Å². The minimum absolute atomic E-state index is 0.0239. The van der Waals surface area contributed by atoms with Gasteiger partial charge in [0.05, 0.1) is 19.3 Å². The first-order valence-electron chi connectivity index (χ1n) is 8.24. The molecule has 1 atom stereocenters. The summed E-state index contributed by atoms with van der Waals surface area (Å²) in [4.78, 5) is 5.32. The van der Waals surface area contributed by atoms with Crippen molar-refractivity contribution in [2.45, 2.75) is 12.6 Å². The normalized spacial score (nSPS) is 15.6. The van der Waals surface area contributed by atoms with Crippen LogP contribution < -0.4 is 15.0 Å². The Labute approximate surface area is 147 Å². The van der Waals surface area contributed by atoms with E-state index in [0.717, 1.165) is 22.6 Å². The molecule has 25 heavy (non-hydrogen) atoms. The second-order valence-electron chi connectivity index (χ2n) is 5.62. The van der Waals surface area contributed by atoms with E-state index in [4.69, 9.17) is 23.8 Å². The van der Waals surface area contributed by atoms with E-state index in [1.165, 1.54) is 0 Å². The number of fused-ring (bicyclic) bond motifs is 1. The van der Waals surface area contributed by atoms with Crippen LogP contribution >= 0.6 is 0 Å². The summed E-state index contributed by atoms with van der Waals surface area (Å²) in [6, 6.07) is 15.9. The average Bonchev–Trinajstić information content (AvgIpc) is 3.06. The monoisotopic (exact) mass is 345 g/mol. The summed E-state index contributed by atoms with van der Waals surface area (Å²) < 4.78 is 21.7. The lowest BCUT2D eigenvalue weighted by Gasteiger charge is -2.12. The van der Waals surface area contributed by atoms with Gasteiger partial charge in [0.25, 0.3) is 0 Å². The molecule has 0 spiro atoms.